The number of nitrogens with zero attached hydrogens (tertiary/aromatic N) is 4. The van der Waals surface area contributed by atoms with Gasteiger partial charge in [0.15, 0.2) is 22.3 Å². The molecule has 0 unspecified atom stereocenters. The second-order valence-electron chi connectivity index (χ2n) is 8.97. The van der Waals surface area contributed by atoms with Crippen molar-refractivity contribution in [1.29, 1.82) is 0 Å². The molecule has 4 heterocycles. The van der Waals surface area contributed by atoms with Gasteiger partial charge in [-0.1, -0.05) is 0 Å². The molecule has 0 aliphatic carbocycles. The van der Waals surface area contributed by atoms with Crippen LogP contribution in [0.25, 0.3) is 21.7 Å². The highest BCUT2D eigenvalue weighted by molar-refractivity contribution is 7.14. The number of anilines is 1. The highest BCUT2D eigenvalue weighted by atomic mass is 32.1. The van der Waals surface area contributed by atoms with Crippen LogP contribution < -0.4 is 14.8 Å². The summed E-state index contributed by atoms with van der Waals surface area (Å²) >= 11 is 1.60. The maximum Gasteiger partial charge on any atom is 0.191 e. The van der Waals surface area contributed by atoms with Gasteiger partial charge < -0.3 is 24.4 Å². The molecule has 2 aliphatic rings. The quantitative estimate of drug-likeness (QED) is 0.445. The number of aromatic nitrogens is 3. The number of likely N-dealkylation sites (tertiary alicyclic amines) is 1. The van der Waals surface area contributed by atoms with Gasteiger partial charge >= 0.3 is 0 Å². The fourth-order valence-electron chi connectivity index (χ4n) is 4.58. The topological polar surface area (TPSA) is 81.6 Å². The van der Waals surface area contributed by atoms with Crippen molar-refractivity contribution < 1.29 is 14.2 Å². The van der Waals surface area contributed by atoms with Crippen LogP contribution in [0.4, 0.5) is 5.82 Å². The van der Waals surface area contributed by atoms with Gasteiger partial charge in [-0.3, -0.25) is 0 Å². The van der Waals surface area contributed by atoms with Crippen LogP contribution >= 0.6 is 11.3 Å². The Morgan fingerprint density at radius 3 is 2.71 bits per heavy atom. The first-order valence-corrected chi connectivity index (χ1v) is 13.0. The average Bonchev–Trinajstić information content (AvgIpc) is 3.54. The molecule has 2 aromatic heterocycles. The van der Waals surface area contributed by atoms with E-state index in [1.807, 2.05) is 25.3 Å². The van der Waals surface area contributed by atoms with Crippen molar-refractivity contribution in [3.05, 3.63) is 23.2 Å². The number of aryl methyl sites for hydroxylation is 1. The van der Waals surface area contributed by atoms with E-state index in [-0.39, 0.29) is 0 Å². The van der Waals surface area contributed by atoms with Gasteiger partial charge in [0.05, 0.1) is 19.2 Å². The van der Waals surface area contributed by atoms with E-state index in [4.69, 9.17) is 24.2 Å². The normalized spacial score (nSPS) is 17.4. The van der Waals surface area contributed by atoms with Crippen molar-refractivity contribution in [1.82, 2.24) is 19.9 Å². The Morgan fingerprint density at radius 1 is 1.15 bits per heavy atom. The minimum Gasteiger partial charge on any atom is -0.493 e. The Hall–Kier alpha value is -2.49. The second kappa shape index (κ2) is 10.8. The van der Waals surface area contributed by atoms with Gasteiger partial charge in [0.2, 0.25) is 0 Å². The van der Waals surface area contributed by atoms with E-state index in [0.717, 1.165) is 65.6 Å². The molecule has 0 saturated carbocycles. The zero-order valence-electron chi connectivity index (χ0n) is 20.0. The monoisotopic (exact) mass is 483 g/mol. The molecule has 2 fully saturated rings. The molecule has 2 saturated heterocycles. The summed E-state index contributed by atoms with van der Waals surface area (Å²) in [5, 5.41) is 5.38. The number of benzene rings is 1. The molecule has 8 nitrogen and oxygen atoms in total. The lowest BCUT2D eigenvalue weighted by molar-refractivity contribution is 0.0904. The van der Waals surface area contributed by atoms with E-state index in [1.54, 1.807) is 18.4 Å². The highest BCUT2D eigenvalue weighted by Gasteiger charge is 2.20. The molecule has 5 rings (SSSR count). The molecule has 0 spiro atoms. The minimum atomic E-state index is 0.310. The van der Waals surface area contributed by atoms with Crippen molar-refractivity contribution in [2.75, 3.05) is 51.9 Å². The number of rotatable bonds is 9. The minimum absolute atomic E-state index is 0.310. The van der Waals surface area contributed by atoms with Gasteiger partial charge in [-0.2, -0.15) is 0 Å². The second-order valence-corrected chi connectivity index (χ2v) is 10.2. The standard InChI is InChI=1S/C25H33N5O3S/c1-17-16-26-25(34-17)24-28-20-15-22(33-11-5-10-30-8-3-4-9-30)21(31-2)14-19(20)23(29-24)27-18-6-12-32-13-7-18/h14-16,18H,3-13H2,1-2H3,(H,27,28,29). The lowest BCUT2D eigenvalue weighted by Gasteiger charge is -2.24. The molecule has 0 radical (unpaired) electrons. The Kier molecular flexibility index (Phi) is 7.42. The Morgan fingerprint density at radius 2 is 1.97 bits per heavy atom. The van der Waals surface area contributed by atoms with Gasteiger partial charge in [0.1, 0.15) is 5.82 Å². The van der Waals surface area contributed by atoms with E-state index < -0.39 is 0 Å². The van der Waals surface area contributed by atoms with Crippen LogP contribution in [0.3, 0.4) is 0 Å². The fourth-order valence-corrected chi connectivity index (χ4v) is 5.28. The molecule has 0 atom stereocenters. The summed E-state index contributed by atoms with van der Waals surface area (Å²) in [4.78, 5) is 17.9. The number of hydrogen-bond acceptors (Lipinski definition) is 9. The molecule has 0 amide bonds. The maximum absolute atomic E-state index is 6.17. The van der Waals surface area contributed by atoms with Gasteiger partial charge in [0.25, 0.3) is 0 Å². The number of methoxy groups -OCH3 is 1. The molecule has 1 N–H and O–H groups in total. The number of ether oxygens (including phenoxy) is 3. The van der Waals surface area contributed by atoms with E-state index >= 15 is 0 Å². The first kappa shape index (κ1) is 23.3. The van der Waals surface area contributed by atoms with Crippen molar-refractivity contribution >= 4 is 28.1 Å². The molecule has 9 heteroatoms. The van der Waals surface area contributed by atoms with Crippen LogP contribution in [0, 0.1) is 6.92 Å². The van der Waals surface area contributed by atoms with Crippen molar-refractivity contribution in [3.8, 4) is 22.3 Å². The summed E-state index contributed by atoms with van der Waals surface area (Å²) in [6.07, 6.45) is 7.38. The van der Waals surface area contributed by atoms with Crippen LogP contribution in [0.1, 0.15) is 37.0 Å². The Labute approximate surface area is 204 Å². The van der Waals surface area contributed by atoms with Crippen LogP contribution in [0.15, 0.2) is 18.3 Å². The molecule has 0 bridgehead atoms. The summed E-state index contributed by atoms with van der Waals surface area (Å²) in [7, 11) is 1.68. The smallest absolute Gasteiger partial charge is 0.191 e. The average molecular weight is 484 g/mol. The van der Waals surface area contributed by atoms with Crippen molar-refractivity contribution in [3.63, 3.8) is 0 Å². The molecule has 182 valence electrons. The lowest BCUT2D eigenvalue weighted by Crippen LogP contribution is -2.28. The molecular weight excluding hydrogens is 450 g/mol. The molecule has 3 aromatic rings. The summed E-state index contributed by atoms with van der Waals surface area (Å²) in [5.74, 6) is 2.85. The number of nitrogens with one attached hydrogen (secondary N) is 1. The third-order valence-electron chi connectivity index (χ3n) is 6.43. The molecule has 34 heavy (non-hydrogen) atoms. The highest BCUT2D eigenvalue weighted by Crippen LogP contribution is 2.36. The van der Waals surface area contributed by atoms with Gasteiger partial charge in [-0.05, 0) is 58.2 Å². The first-order valence-electron chi connectivity index (χ1n) is 12.2. The SMILES string of the molecule is COc1cc2c(NC3CCOCC3)nc(-c3ncc(C)s3)nc2cc1OCCCN1CCCC1. The van der Waals surface area contributed by atoms with Gasteiger partial charge in [0, 0.05) is 48.3 Å². The van der Waals surface area contributed by atoms with Crippen LogP contribution in [0.5, 0.6) is 11.5 Å². The van der Waals surface area contributed by atoms with Crippen LogP contribution in [-0.2, 0) is 4.74 Å². The van der Waals surface area contributed by atoms with Crippen molar-refractivity contribution in [2.24, 2.45) is 0 Å². The number of thiazole rings is 1. The van der Waals surface area contributed by atoms with Crippen molar-refractivity contribution in [2.45, 2.75) is 45.1 Å². The van der Waals surface area contributed by atoms with E-state index in [0.29, 0.717) is 30.0 Å². The first-order chi connectivity index (χ1) is 16.7. The predicted octanol–water partition coefficient (Wildman–Crippen LogP) is 4.53. The third-order valence-corrected chi connectivity index (χ3v) is 7.34. The number of fused-ring (bicyclic) bond motifs is 1. The Balaban J connectivity index is 1.43. The van der Waals surface area contributed by atoms with Gasteiger partial charge in [-0.15, -0.1) is 11.3 Å². The zero-order chi connectivity index (χ0) is 23.3. The largest absolute Gasteiger partial charge is 0.493 e. The maximum atomic E-state index is 6.17. The van der Waals surface area contributed by atoms with Crippen LogP contribution in [-0.4, -0.2) is 72.5 Å². The molecule has 1 aromatic carbocycles. The Bertz CT molecular complexity index is 1110. The molecular formula is C25H33N5O3S. The summed E-state index contributed by atoms with van der Waals surface area (Å²) in [6, 6.07) is 4.28. The third kappa shape index (κ3) is 5.42. The molecule has 2 aliphatic heterocycles. The number of hydrogen-bond donors (Lipinski definition) is 1. The zero-order valence-corrected chi connectivity index (χ0v) is 20.8. The summed E-state index contributed by atoms with van der Waals surface area (Å²) < 4.78 is 17.4. The lowest BCUT2D eigenvalue weighted by atomic mass is 10.1. The van der Waals surface area contributed by atoms with Crippen LogP contribution in [0.2, 0.25) is 0 Å². The summed E-state index contributed by atoms with van der Waals surface area (Å²) in [5.41, 5.74) is 0.822. The van der Waals surface area contributed by atoms with E-state index in [2.05, 4.69) is 15.2 Å². The van der Waals surface area contributed by atoms with E-state index in [1.165, 1.54) is 25.9 Å². The fraction of sp³-hybridized carbons (Fsp3) is 0.560. The predicted molar refractivity (Wildman–Crippen MR) is 135 cm³/mol. The summed E-state index contributed by atoms with van der Waals surface area (Å²) in [6.45, 7) is 7.70. The van der Waals surface area contributed by atoms with E-state index in [9.17, 15) is 0 Å². The van der Waals surface area contributed by atoms with Gasteiger partial charge in [-0.25, -0.2) is 15.0 Å².